The lowest BCUT2D eigenvalue weighted by Gasteiger charge is -2.04. The molecule has 0 saturated carbocycles. The summed E-state index contributed by atoms with van der Waals surface area (Å²) in [6.07, 6.45) is -3.16. The van der Waals surface area contributed by atoms with Gasteiger partial charge in [-0.1, -0.05) is 36.4 Å². The molecule has 15 heteroatoms. The molecule has 0 aliphatic heterocycles. The largest absolute Gasteiger partial charge is 0.519 e. The molecule has 2 aromatic rings. The van der Waals surface area contributed by atoms with Crippen LogP contribution >= 0.6 is 0 Å². The molecule has 0 unspecified atom stereocenters. The van der Waals surface area contributed by atoms with Gasteiger partial charge in [-0.15, -0.1) is 13.2 Å². The molecule has 0 bridgehead atoms. The quantitative estimate of drug-likeness (QED) is 0.159. The van der Waals surface area contributed by atoms with Crippen LogP contribution in [0.25, 0.3) is 0 Å². The molecule has 5 N–H and O–H groups in total. The summed E-state index contributed by atoms with van der Waals surface area (Å²) in [5.41, 5.74) is 0. The summed E-state index contributed by atoms with van der Waals surface area (Å²) in [5.74, 6) is -1.58. The molecule has 0 spiro atoms. The van der Waals surface area contributed by atoms with Gasteiger partial charge in [0, 0.05) is 20.8 Å². The van der Waals surface area contributed by atoms with E-state index >= 15 is 0 Å². The van der Waals surface area contributed by atoms with Crippen LogP contribution in [0.1, 0.15) is 34.6 Å². The van der Waals surface area contributed by atoms with Gasteiger partial charge in [0.05, 0.1) is 13.2 Å². The molecule has 236 valence electrons. The second-order valence-electron chi connectivity index (χ2n) is 6.04. The van der Waals surface area contributed by atoms with E-state index in [1.54, 1.807) is 62.4 Å². The molecule has 2 rings (SSSR count). The van der Waals surface area contributed by atoms with E-state index in [4.69, 9.17) is 54.2 Å². The highest BCUT2D eigenvalue weighted by Crippen LogP contribution is 2.12. The van der Waals surface area contributed by atoms with E-state index in [0.717, 1.165) is 20.8 Å². The van der Waals surface area contributed by atoms with Gasteiger partial charge in [0.2, 0.25) is 0 Å². The summed E-state index contributed by atoms with van der Waals surface area (Å²) in [5, 5.41) is 36.2. The molecule has 0 amide bonds. The van der Waals surface area contributed by atoms with Crippen molar-refractivity contribution in [1.29, 1.82) is 0 Å². The van der Waals surface area contributed by atoms with Crippen molar-refractivity contribution < 1.29 is 73.2 Å². The normalized spacial score (nSPS) is 7.64. The number of carboxylic acid groups (broad SMARTS) is 5. The zero-order chi connectivity index (χ0) is 33.9. The van der Waals surface area contributed by atoms with Crippen molar-refractivity contribution in [3.05, 3.63) is 73.8 Å². The Kier molecular flexibility index (Phi) is 39.0. The predicted octanol–water partition coefficient (Wildman–Crippen LogP) is 5.74. The Balaban J connectivity index is -0.000000148. The summed E-state index contributed by atoms with van der Waals surface area (Å²) in [7, 11) is 0. The third-order valence-corrected chi connectivity index (χ3v) is 2.41. The van der Waals surface area contributed by atoms with Gasteiger partial charge in [-0.25, -0.2) is 14.4 Å². The first-order chi connectivity index (χ1) is 19.6. The van der Waals surface area contributed by atoms with Crippen LogP contribution in [-0.4, -0.2) is 75.1 Å². The minimum atomic E-state index is -1.83. The minimum absolute atomic E-state index is 0.374. The zero-order valence-electron chi connectivity index (χ0n) is 23.9. The van der Waals surface area contributed by atoms with Crippen molar-refractivity contribution in [3.63, 3.8) is 0 Å². The maximum Gasteiger partial charge on any atom is 0.519 e. The van der Waals surface area contributed by atoms with Gasteiger partial charge >= 0.3 is 18.5 Å². The number of carbonyl (C=O) groups is 6. The van der Waals surface area contributed by atoms with E-state index in [-0.39, 0.29) is 0 Å². The fourth-order valence-electron chi connectivity index (χ4n) is 1.47. The number of benzene rings is 2. The first kappa shape index (κ1) is 46.3. The van der Waals surface area contributed by atoms with Crippen molar-refractivity contribution in [3.8, 4) is 11.5 Å². The lowest BCUT2D eigenvalue weighted by atomic mass is 10.3. The summed E-state index contributed by atoms with van der Waals surface area (Å²) >= 11 is 0. The molecule has 0 aromatic heterocycles. The highest BCUT2D eigenvalue weighted by molar-refractivity contribution is 5.67. The van der Waals surface area contributed by atoms with Gasteiger partial charge in [0.25, 0.3) is 17.9 Å². The van der Waals surface area contributed by atoms with Crippen molar-refractivity contribution in [1.82, 2.24) is 0 Å². The highest BCUT2D eigenvalue weighted by atomic mass is 16.7. The molecule has 0 heterocycles. The Labute approximate surface area is 243 Å². The summed E-state index contributed by atoms with van der Waals surface area (Å²) in [6, 6.07) is 17.6. The molecule has 15 nitrogen and oxygen atoms in total. The number of carbonyl (C=O) groups excluding carboxylic acids is 2. The van der Waals surface area contributed by atoms with E-state index in [1.165, 1.54) is 0 Å². The maximum absolute atomic E-state index is 11.3. The zero-order valence-corrected chi connectivity index (χ0v) is 23.9. The molecule has 0 fully saturated rings. The van der Waals surface area contributed by atoms with E-state index in [1.807, 2.05) is 12.1 Å². The number of hydrogen-bond acceptors (Lipinski definition) is 10. The van der Waals surface area contributed by atoms with Crippen LogP contribution in [0.3, 0.4) is 0 Å². The third kappa shape index (κ3) is 64.5. The fraction of sp³-hybridized carbons (Fsp3) is 0.259. The molecular formula is C27H38O15. The van der Waals surface area contributed by atoms with Crippen LogP contribution in [0.4, 0.5) is 14.4 Å². The number of rotatable bonds is 4. The number of para-hydroxylation sites is 2. The van der Waals surface area contributed by atoms with Crippen LogP contribution in [0, 0.1) is 0 Å². The lowest BCUT2D eigenvalue weighted by molar-refractivity contribution is -0.135. The molecule has 42 heavy (non-hydrogen) atoms. The Morgan fingerprint density at radius 3 is 0.952 bits per heavy atom. The van der Waals surface area contributed by atoms with Crippen LogP contribution in [0.2, 0.25) is 0 Å². The summed E-state index contributed by atoms with van der Waals surface area (Å²) in [4.78, 5) is 57.1. The first-order valence-corrected chi connectivity index (χ1v) is 11.4. The average Bonchev–Trinajstić information content (AvgIpc) is 2.86. The minimum Gasteiger partial charge on any atom is -0.481 e. The Bertz CT molecular complexity index is 862. The van der Waals surface area contributed by atoms with Gasteiger partial charge in [-0.2, -0.15) is 0 Å². The summed E-state index contributed by atoms with van der Waals surface area (Å²) in [6.45, 7) is 13.5. The van der Waals surface area contributed by atoms with Crippen molar-refractivity contribution in [2.75, 3.05) is 13.2 Å². The Hall–Kier alpha value is -5.60. The molecule has 2 aromatic carbocycles. The standard InChI is InChI=1S/C13H10O3.C5H10O3.3C2H4O2.C2H4.CH2O3/c14-13(15-11-7-3-1-4-8-11)16-12-9-5-2-6-10-12;1-3-7-5(6)8-4-2;3*1-2(3)4;1-2;2-1(3)4/h1-10H;3-4H2,1-2H3;3*1H3,(H,3,4);1-2H2;(H2,2,3,4). The van der Waals surface area contributed by atoms with Crippen LogP contribution in [0.15, 0.2) is 73.8 Å². The molecule has 0 aliphatic rings. The second kappa shape index (κ2) is 35.4. The Morgan fingerprint density at radius 1 is 0.548 bits per heavy atom. The van der Waals surface area contributed by atoms with Crippen LogP contribution in [0.5, 0.6) is 11.5 Å². The highest BCUT2D eigenvalue weighted by Gasteiger charge is 2.06. The molecule has 0 aliphatic carbocycles. The SMILES string of the molecule is C=C.CC(=O)O.CC(=O)O.CC(=O)O.CCOC(=O)OCC.O=C(O)O.O=C(Oc1ccccc1)Oc1ccccc1. The second-order valence-corrected chi connectivity index (χ2v) is 6.04. The van der Waals surface area contributed by atoms with E-state index in [9.17, 15) is 9.59 Å². The van der Waals surface area contributed by atoms with Crippen molar-refractivity contribution in [2.24, 2.45) is 0 Å². The number of ether oxygens (including phenoxy) is 4. The Morgan fingerprint density at radius 2 is 0.762 bits per heavy atom. The van der Waals surface area contributed by atoms with Crippen LogP contribution in [-0.2, 0) is 23.9 Å². The van der Waals surface area contributed by atoms with E-state index in [0.29, 0.717) is 24.7 Å². The third-order valence-electron chi connectivity index (χ3n) is 2.41. The molecule has 0 saturated heterocycles. The number of carboxylic acids is 3. The topological polar surface area (TPSA) is 240 Å². The van der Waals surface area contributed by atoms with E-state index < -0.39 is 36.4 Å². The monoisotopic (exact) mass is 602 g/mol. The first-order valence-electron chi connectivity index (χ1n) is 11.4. The van der Waals surface area contributed by atoms with Gasteiger partial charge in [-0.05, 0) is 38.1 Å². The van der Waals surface area contributed by atoms with Gasteiger partial charge < -0.3 is 44.5 Å². The van der Waals surface area contributed by atoms with Crippen molar-refractivity contribution in [2.45, 2.75) is 34.6 Å². The number of aliphatic carboxylic acids is 3. The average molecular weight is 603 g/mol. The predicted molar refractivity (Wildman–Crippen MR) is 150 cm³/mol. The van der Waals surface area contributed by atoms with Crippen molar-refractivity contribution >= 4 is 36.4 Å². The summed E-state index contributed by atoms with van der Waals surface area (Å²) < 4.78 is 18.8. The van der Waals surface area contributed by atoms with Gasteiger partial charge in [-0.3, -0.25) is 14.4 Å². The fourth-order valence-corrected chi connectivity index (χ4v) is 1.47. The van der Waals surface area contributed by atoms with Gasteiger partial charge in [0.15, 0.2) is 0 Å². The van der Waals surface area contributed by atoms with Crippen LogP contribution < -0.4 is 9.47 Å². The molecule has 0 atom stereocenters. The van der Waals surface area contributed by atoms with E-state index in [2.05, 4.69) is 22.6 Å². The maximum atomic E-state index is 11.3. The lowest BCUT2D eigenvalue weighted by Crippen LogP contribution is -2.13. The number of hydrogen-bond donors (Lipinski definition) is 5. The molecular weight excluding hydrogens is 564 g/mol. The van der Waals surface area contributed by atoms with Gasteiger partial charge in [0.1, 0.15) is 11.5 Å². The molecule has 0 radical (unpaired) electrons. The smallest absolute Gasteiger partial charge is 0.481 e.